The van der Waals surface area contributed by atoms with E-state index in [2.05, 4.69) is 6.92 Å². The summed E-state index contributed by atoms with van der Waals surface area (Å²) in [6, 6.07) is 8.19. The van der Waals surface area contributed by atoms with Crippen LogP contribution in [0.5, 0.6) is 0 Å². The molecule has 0 unspecified atom stereocenters. The van der Waals surface area contributed by atoms with Crippen LogP contribution in [0.1, 0.15) is 33.1 Å². The van der Waals surface area contributed by atoms with Gasteiger partial charge in [-0.1, -0.05) is 32.0 Å². The molecule has 23 heavy (non-hydrogen) atoms. The predicted octanol–water partition coefficient (Wildman–Crippen LogP) is 2.49. The van der Waals surface area contributed by atoms with Crippen molar-refractivity contribution in [2.45, 2.75) is 39.2 Å². The van der Waals surface area contributed by atoms with Crippen LogP contribution < -0.4 is 4.31 Å². The van der Waals surface area contributed by atoms with Crippen molar-refractivity contribution in [1.82, 2.24) is 4.90 Å². The zero-order valence-corrected chi connectivity index (χ0v) is 14.9. The average molecular weight is 338 g/mol. The Balaban J connectivity index is 2.30. The van der Waals surface area contributed by atoms with Gasteiger partial charge in [0.15, 0.2) is 0 Å². The van der Waals surface area contributed by atoms with E-state index in [1.807, 2.05) is 17.9 Å². The third-order valence-electron chi connectivity index (χ3n) is 4.42. The van der Waals surface area contributed by atoms with Crippen LogP contribution in [0.25, 0.3) is 0 Å². The minimum atomic E-state index is -3.54. The van der Waals surface area contributed by atoms with Gasteiger partial charge in [-0.15, -0.1) is 0 Å². The predicted molar refractivity (Wildman–Crippen MR) is 92.8 cm³/mol. The lowest BCUT2D eigenvalue weighted by Crippen LogP contribution is -2.52. The van der Waals surface area contributed by atoms with Gasteiger partial charge in [-0.3, -0.25) is 9.10 Å². The number of benzene rings is 1. The molecule has 6 heteroatoms. The van der Waals surface area contributed by atoms with E-state index >= 15 is 0 Å². The number of sulfonamides is 1. The molecule has 1 amide bonds. The maximum atomic E-state index is 12.9. The van der Waals surface area contributed by atoms with Gasteiger partial charge < -0.3 is 4.90 Å². The van der Waals surface area contributed by atoms with Gasteiger partial charge in [-0.05, 0) is 37.3 Å². The summed E-state index contributed by atoms with van der Waals surface area (Å²) in [5, 5.41) is 0. The summed E-state index contributed by atoms with van der Waals surface area (Å²) in [7, 11) is -3.54. The van der Waals surface area contributed by atoms with E-state index < -0.39 is 16.1 Å². The van der Waals surface area contributed by atoms with Gasteiger partial charge >= 0.3 is 0 Å². The lowest BCUT2D eigenvalue weighted by Gasteiger charge is -2.37. The molecule has 1 heterocycles. The molecule has 1 aromatic rings. The second-order valence-corrected chi connectivity index (χ2v) is 8.19. The van der Waals surface area contributed by atoms with E-state index in [-0.39, 0.29) is 5.91 Å². The van der Waals surface area contributed by atoms with Crippen LogP contribution in [-0.4, -0.2) is 44.6 Å². The normalized spacial score (nSPS) is 17.8. The zero-order chi connectivity index (χ0) is 17.0. The molecule has 0 saturated carbocycles. The molecule has 0 spiro atoms. The number of nitrogens with zero attached hydrogens (tertiary/aromatic N) is 2. The summed E-state index contributed by atoms with van der Waals surface area (Å²) >= 11 is 0. The number of piperidine rings is 1. The minimum absolute atomic E-state index is 0.0892. The average Bonchev–Trinajstić information content (AvgIpc) is 2.52. The third-order valence-corrected chi connectivity index (χ3v) is 5.60. The molecular weight excluding hydrogens is 312 g/mol. The Labute approximate surface area is 139 Å². The Morgan fingerprint density at radius 3 is 2.30 bits per heavy atom. The Morgan fingerprint density at radius 2 is 1.83 bits per heavy atom. The SMILES string of the molecule is CC[C@H](C(=O)N1CCC(C)CC1)N(c1ccccc1)S(C)(=O)=O. The first-order valence-electron chi connectivity index (χ1n) is 8.17. The second-order valence-electron chi connectivity index (χ2n) is 6.33. The van der Waals surface area contributed by atoms with Crippen LogP contribution in [0.2, 0.25) is 0 Å². The fourth-order valence-electron chi connectivity index (χ4n) is 3.06. The Kier molecular flexibility index (Phi) is 5.68. The molecule has 128 valence electrons. The molecule has 1 aliphatic rings. The largest absolute Gasteiger partial charge is 0.341 e. The Morgan fingerprint density at radius 1 is 1.26 bits per heavy atom. The first-order valence-corrected chi connectivity index (χ1v) is 10.0. The smallest absolute Gasteiger partial charge is 0.246 e. The fraction of sp³-hybridized carbons (Fsp3) is 0.588. The molecule has 1 atom stereocenters. The van der Waals surface area contributed by atoms with Gasteiger partial charge in [0.25, 0.3) is 0 Å². The van der Waals surface area contributed by atoms with E-state index in [1.165, 1.54) is 4.31 Å². The number of hydrogen-bond donors (Lipinski definition) is 0. The molecule has 1 saturated heterocycles. The summed E-state index contributed by atoms with van der Waals surface area (Å²) in [5.74, 6) is 0.535. The molecule has 2 rings (SSSR count). The van der Waals surface area contributed by atoms with Crippen molar-refractivity contribution in [2.75, 3.05) is 23.7 Å². The summed E-state index contributed by atoms with van der Waals surface area (Å²) in [6.07, 6.45) is 3.57. The molecule has 0 radical (unpaired) electrons. The van der Waals surface area contributed by atoms with Gasteiger partial charge in [-0.25, -0.2) is 8.42 Å². The number of carbonyl (C=O) groups excluding carboxylic acids is 1. The van der Waals surface area contributed by atoms with Gasteiger partial charge in [-0.2, -0.15) is 0 Å². The number of para-hydroxylation sites is 1. The zero-order valence-electron chi connectivity index (χ0n) is 14.1. The number of amides is 1. The lowest BCUT2D eigenvalue weighted by molar-refractivity contribution is -0.133. The molecule has 5 nitrogen and oxygen atoms in total. The van der Waals surface area contributed by atoms with Crippen LogP contribution in [0.4, 0.5) is 5.69 Å². The maximum Gasteiger partial charge on any atom is 0.246 e. The van der Waals surface area contributed by atoms with Crippen molar-refractivity contribution >= 4 is 21.6 Å². The highest BCUT2D eigenvalue weighted by Gasteiger charge is 2.34. The van der Waals surface area contributed by atoms with Crippen molar-refractivity contribution in [3.05, 3.63) is 30.3 Å². The monoisotopic (exact) mass is 338 g/mol. The lowest BCUT2D eigenvalue weighted by atomic mass is 9.98. The van der Waals surface area contributed by atoms with E-state index in [4.69, 9.17) is 0 Å². The number of hydrogen-bond acceptors (Lipinski definition) is 3. The van der Waals surface area contributed by atoms with Crippen molar-refractivity contribution in [2.24, 2.45) is 5.92 Å². The van der Waals surface area contributed by atoms with Gasteiger partial charge in [0, 0.05) is 13.1 Å². The van der Waals surface area contributed by atoms with Crippen LogP contribution in [0, 0.1) is 5.92 Å². The van der Waals surface area contributed by atoms with E-state index in [1.54, 1.807) is 24.3 Å². The highest BCUT2D eigenvalue weighted by molar-refractivity contribution is 7.92. The first kappa shape index (κ1) is 17.8. The van der Waals surface area contributed by atoms with Crippen LogP contribution >= 0.6 is 0 Å². The Hall–Kier alpha value is -1.56. The molecule has 0 bridgehead atoms. The van der Waals surface area contributed by atoms with E-state index in [0.29, 0.717) is 31.1 Å². The quantitative estimate of drug-likeness (QED) is 0.829. The van der Waals surface area contributed by atoms with E-state index in [9.17, 15) is 13.2 Å². The van der Waals surface area contributed by atoms with Crippen LogP contribution in [-0.2, 0) is 14.8 Å². The number of carbonyl (C=O) groups is 1. The summed E-state index contributed by atoms with van der Waals surface area (Å²) in [4.78, 5) is 14.7. The summed E-state index contributed by atoms with van der Waals surface area (Å²) in [6.45, 7) is 5.47. The third kappa shape index (κ3) is 4.25. The van der Waals surface area contributed by atoms with E-state index in [0.717, 1.165) is 19.1 Å². The van der Waals surface area contributed by atoms with Crippen molar-refractivity contribution in [3.8, 4) is 0 Å². The maximum absolute atomic E-state index is 12.9. The number of likely N-dealkylation sites (tertiary alicyclic amines) is 1. The topological polar surface area (TPSA) is 57.7 Å². The van der Waals surface area contributed by atoms with Crippen LogP contribution in [0.15, 0.2) is 30.3 Å². The number of anilines is 1. The summed E-state index contributed by atoms with van der Waals surface area (Å²) < 4.78 is 25.9. The molecule has 0 N–H and O–H groups in total. The van der Waals surface area contributed by atoms with Gasteiger partial charge in [0.2, 0.25) is 15.9 Å². The number of rotatable bonds is 5. The molecule has 1 aromatic carbocycles. The highest BCUT2D eigenvalue weighted by atomic mass is 32.2. The molecule has 0 aromatic heterocycles. The molecule has 1 aliphatic heterocycles. The molecular formula is C17H26N2O3S. The second kappa shape index (κ2) is 7.34. The van der Waals surface area contributed by atoms with Crippen molar-refractivity contribution < 1.29 is 13.2 Å². The molecule has 1 fully saturated rings. The first-order chi connectivity index (χ1) is 10.8. The standard InChI is InChI=1S/C17H26N2O3S/c1-4-16(17(20)18-12-10-14(2)11-13-18)19(23(3,21)22)15-8-6-5-7-9-15/h5-9,14,16H,4,10-13H2,1-3H3/t16-/m1/s1. The van der Waals surface area contributed by atoms with Gasteiger partial charge in [0.05, 0.1) is 11.9 Å². The van der Waals surface area contributed by atoms with Gasteiger partial charge in [0.1, 0.15) is 6.04 Å². The molecule has 0 aliphatic carbocycles. The van der Waals surface area contributed by atoms with Crippen LogP contribution in [0.3, 0.4) is 0 Å². The Bertz CT molecular complexity index is 622. The minimum Gasteiger partial charge on any atom is -0.341 e. The van der Waals surface area contributed by atoms with Crippen molar-refractivity contribution in [3.63, 3.8) is 0 Å². The fourth-order valence-corrected chi connectivity index (χ4v) is 4.26. The summed E-state index contributed by atoms with van der Waals surface area (Å²) in [5.41, 5.74) is 0.542. The van der Waals surface area contributed by atoms with Crippen molar-refractivity contribution in [1.29, 1.82) is 0 Å². The highest BCUT2D eigenvalue weighted by Crippen LogP contribution is 2.25.